The Morgan fingerprint density at radius 2 is 0.614 bits per heavy atom. The summed E-state index contributed by atoms with van der Waals surface area (Å²) in [5.74, 6) is 0. The monoisotopic (exact) mass is 723 g/mol. The molecule has 0 bridgehead atoms. The lowest BCUT2D eigenvalue weighted by Crippen LogP contribution is -1.95. The first-order valence-corrected chi connectivity index (χ1v) is 19.7. The maximum Gasteiger partial charge on any atom is 0.0541 e. The van der Waals surface area contributed by atoms with Crippen LogP contribution in [0.2, 0.25) is 0 Å². The molecule has 1 heterocycles. The molecule has 1 nitrogen and oxygen atoms in total. The number of hydrogen-bond acceptors (Lipinski definition) is 0. The van der Waals surface area contributed by atoms with Gasteiger partial charge in [0.05, 0.1) is 11.0 Å². The molecule has 0 saturated carbocycles. The molecule has 11 rings (SSSR count). The van der Waals surface area contributed by atoms with Gasteiger partial charge in [0.15, 0.2) is 0 Å². The van der Waals surface area contributed by atoms with Gasteiger partial charge in [0, 0.05) is 16.5 Å². The third-order valence-electron chi connectivity index (χ3n) is 11.6. The molecular formula is C56H37N. The summed E-state index contributed by atoms with van der Waals surface area (Å²) in [6.07, 6.45) is 0. The first kappa shape index (κ1) is 32.9. The van der Waals surface area contributed by atoms with E-state index in [-0.39, 0.29) is 0 Å². The van der Waals surface area contributed by atoms with Gasteiger partial charge in [-0.3, -0.25) is 0 Å². The number of rotatable bonds is 6. The van der Waals surface area contributed by atoms with Gasteiger partial charge in [-0.1, -0.05) is 194 Å². The van der Waals surface area contributed by atoms with Gasteiger partial charge in [0.1, 0.15) is 0 Å². The number of hydrogen-bond donors (Lipinski definition) is 0. The predicted molar refractivity (Wildman–Crippen MR) is 243 cm³/mol. The van der Waals surface area contributed by atoms with E-state index in [0.717, 1.165) is 5.69 Å². The van der Waals surface area contributed by atoms with E-state index in [1.54, 1.807) is 0 Å². The van der Waals surface area contributed by atoms with Crippen LogP contribution >= 0.6 is 0 Å². The SMILES string of the molecule is c1ccc(-c2ccc(-c3c4ccccc4c(-c4ccc(-n5c6ccccc6c6cc(-c7ccccc7-c7ccccc7)ccc65)cc4)c4ccccc34)cc2)cc1. The minimum atomic E-state index is 1.14. The van der Waals surface area contributed by atoms with Gasteiger partial charge in [-0.05, 0) is 108 Å². The van der Waals surface area contributed by atoms with E-state index in [9.17, 15) is 0 Å². The highest BCUT2D eigenvalue weighted by molar-refractivity contribution is 6.21. The zero-order valence-corrected chi connectivity index (χ0v) is 31.3. The normalized spacial score (nSPS) is 11.5. The van der Waals surface area contributed by atoms with Crippen molar-refractivity contribution in [3.8, 4) is 61.3 Å². The van der Waals surface area contributed by atoms with E-state index in [4.69, 9.17) is 0 Å². The van der Waals surface area contributed by atoms with Crippen LogP contribution in [0.1, 0.15) is 0 Å². The van der Waals surface area contributed by atoms with E-state index in [1.165, 1.54) is 99.0 Å². The van der Waals surface area contributed by atoms with Crippen molar-refractivity contribution in [3.63, 3.8) is 0 Å². The number of aromatic nitrogens is 1. The third kappa shape index (κ3) is 5.55. The van der Waals surface area contributed by atoms with Gasteiger partial charge < -0.3 is 4.57 Å². The largest absolute Gasteiger partial charge is 0.309 e. The topological polar surface area (TPSA) is 4.93 Å². The molecule has 0 radical (unpaired) electrons. The van der Waals surface area contributed by atoms with Crippen LogP contribution in [0, 0.1) is 0 Å². The quantitative estimate of drug-likeness (QED) is 0.151. The zero-order valence-electron chi connectivity index (χ0n) is 31.3. The van der Waals surface area contributed by atoms with Crippen molar-refractivity contribution in [3.05, 3.63) is 224 Å². The lowest BCUT2D eigenvalue weighted by atomic mass is 9.85. The van der Waals surface area contributed by atoms with Gasteiger partial charge >= 0.3 is 0 Å². The molecule has 266 valence electrons. The summed E-state index contributed by atoms with van der Waals surface area (Å²) in [5.41, 5.74) is 15.9. The lowest BCUT2D eigenvalue weighted by molar-refractivity contribution is 1.18. The minimum absolute atomic E-state index is 1.14. The molecule has 0 saturated heterocycles. The van der Waals surface area contributed by atoms with Gasteiger partial charge in [0.25, 0.3) is 0 Å². The molecule has 0 aliphatic carbocycles. The molecule has 0 aliphatic heterocycles. The van der Waals surface area contributed by atoms with E-state index in [1.807, 2.05) is 0 Å². The Labute approximate surface area is 332 Å². The lowest BCUT2D eigenvalue weighted by Gasteiger charge is -2.18. The number of para-hydroxylation sites is 1. The molecule has 1 aromatic heterocycles. The van der Waals surface area contributed by atoms with Crippen LogP contribution in [0.3, 0.4) is 0 Å². The second-order valence-electron chi connectivity index (χ2n) is 14.8. The summed E-state index contributed by atoms with van der Waals surface area (Å²) in [5, 5.41) is 7.53. The van der Waals surface area contributed by atoms with Crippen molar-refractivity contribution < 1.29 is 0 Å². The fourth-order valence-electron chi connectivity index (χ4n) is 9.01. The number of fused-ring (bicyclic) bond motifs is 5. The molecule has 1 heteroatoms. The highest BCUT2D eigenvalue weighted by Gasteiger charge is 2.18. The molecule has 0 unspecified atom stereocenters. The Morgan fingerprint density at radius 1 is 0.228 bits per heavy atom. The molecule has 0 fully saturated rings. The molecular weight excluding hydrogens is 687 g/mol. The van der Waals surface area contributed by atoms with Crippen LogP contribution in [0.25, 0.3) is 105 Å². The van der Waals surface area contributed by atoms with Crippen molar-refractivity contribution in [2.24, 2.45) is 0 Å². The molecule has 0 aliphatic rings. The molecule has 0 spiro atoms. The van der Waals surface area contributed by atoms with Crippen LogP contribution in [-0.4, -0.2) is 4.57 Å². The first-order valence-electron chi connectivity index (χ1n) is 19.7. The molecule has 0 amide bonds. The standard InChI is InChI=1S/C56H37N/c1-3-15-38(16-4-1)39-27-29-41(30-28-39)55-48-22-9-11-24-50(48)56(51-25-12-10-23-49(51)55)42-31-34-44(35-32-42)57-53-26-14-13-21-47(53)52-37-43(33-36-54(52)57)46-20-8-7-19-45(46)40-17-5-2-6-18-40/h1-37H. The fourth-order valence-corrected chi connectivity index (χ4v) is 9.01. The molecule has 0 atom stereocenters. The maximum absolute atomic E-state index is 2.42. The molecule has 0 N–H and O–H groups in total. The minimum Gasteiger partial charge on any atom is -0.309 e. The van der Waals surface area contributed by atoms with Gasteiger partial charge in [-0.25, -0.2) is 0 Å². The second kappa shape index (κ2) is 13.7. The predicted octanol–water partition coefficient (Wildman–Crippen LogP) is 15.4. The Hall–Kier alpha value is -7.48. The average molecular weight is 724 g/mol. The summed E-state index contributed by atoms with van der Waals surface area (Å²) < 4.78 is 2.42. The fraction of sp³-hybridized carbons (Fsp3) is 0. The average Bonchev–Trinajstić information content (AvgIpc) is 3.62. The Bertz CT molecular complexity index is 3190. The van der Waals surface area contributed by atoms with Crippen molar-refractivity contribution in [2.75, 3.05) is 0 Å². The van der Waals surface area contributed by atoms with Crippen LogP contribution in [0.5, 0.6) is 0 Å². The summed E-state index contributed by atoms with van der Waals surface area (Å²) in [6.45, 7) is 0. The van der Waals surface area contributed by atoms with Crippen molar-refractivity contribution in [1.29, 1.82) is 0 Å². The second-order valence-corrected chi connectivity index (χ2v) is 14.8. The highest BCUT2D eigenvalue weighted by atomic mass is 15.0. The first-order chi connectivity index (χ1) is 28.3. The van der Waals surface area contributed by atoms with Crippen LogP contribution in [-0.2, 0) is 0 Å². The van der Waals surface area contributed by atoms with Gasteiger partial charge in [-0.2, -0.15) is 0 Å². The van der Waals surface area contributed by atoms with Crippen molar-refractivity contribution in [2.45, 2.75) is 0 Å². The highest BCUT2D eigenvalue weighted by Crippen LogP contribution is 2.45. The van der Waals surface area contributed by atoms with Crippen LogP contribution in [0.15, 0.2) is 224 Å². The van der Waals surface area contributed by atoms with E-state index in [0.29, 0.717) is 0 Å². The summed E-state index contributed by atoms with van der Waals surface area (Å²) in [7, 11) is 0. The maximum atomic E-state index is 2.42. The molecule has 10 aromatic carbocycles. The molecule has 11 aromatic rings. The van der Waals surface area contributed by atoms with Crippen molar-refractivity contribution >= 4 is 43.4 Å². The Kier molecular flexibility index (Phi) is 7.89. The van der Waals surface area contributed by atoms with Gasteiger partial charge in [0.2, 0.25) is 0 Å². The Balaban J connectivity index is 1.03. The summed E-state index contributed by atoms with van der Waals surface area (Å²) >= 11 is 0. The third-order valence-corrected chi connectivity index (χ3v) is 11.6. The van der Waals surface area contributed by atoms with Crippen molar-refractivity contribution in [1.82, 2.24) is 4.57 Å². The number of benzene rings is 10. The van der Waals surface area contributed by atoms with Crippen LogP contribution in [0.4, 0.5) is 0 Å². The Morgan fingerprint density at radius 3 is 1.19 bits per heavy atom. The van der Waals surface area contributed by atoms with E-state index in [2.05, 4.69) is 229 Å². The van der Waals surface area contributed by atoms with E-state index >= 15 is 0 Å². The number of nitrogens with zero attached hydrogens (tertiary/aromatic N) is 1. The molecule has 57 heavy (non-hydrogen) atoms. The van der Waals surface area contributed by atoms with Crippen LogP contribution < -0.4 is 0 Å². The summed E-state index contributed by atoms with van der Waals surface area (Å²) in [4.78, 5) is 0. The van der Waals surface area contributed by atoms with E-state index < -0.39 is 0 Å². The zero-order chi connectivity index (χ0) is 37.7. The summed E-state index contributed by atoms with van der Waals surface area (Å²) in [6, 6.07) is 81.8. The van der Waals surface area contributed by atoms with Gasteiger partial charge in [-0.15, -0.1) is 0 Å². The smallest absolute Gasteiger partial charge is 0.0541 e.